The number of hydrogen-bond donors (Lipinski definition) is 1. The molecule has 1 aliphatic rings. The third-order valence-electron chi connectivity index (χ3n) is 2.75. The lowest BCUT2D eigenvalue weighted by atomic mass is 10.0. The number of nitrogens with zero attached hydrogens (tertiary/aromatic N) is 2. The maximum Gasteiger partial charge on any atom is 0.233 e. The van der Waals surface area contributed by atoms with Crippen LogP contribution in [0.25, 0.3) is 0 Å². The number of ether oxygens (including phenoxy) is 1. The average molecular weight is 205 g/mol. The minimum atomic E-state index is -0.436. The number of carbonyl (C=O) groups excluding carboxylic acids is 1. The van der Waals surface area contributed by atoms with Crippen molar-refractivity contribution in [3.8, 4) is 5.88 Å². The minimum absolute atomic E-state index is 0.0157. The monoisotopic (exact) mass is 205 g/mol. The number of aromatic nitrogens is 2. The molecule has 0 atom stereocenters. The van der Waals surface area contributed by atoms with E-state index in [1.165, 1.54) is 7.11 Å². The molecule has 0 unspecified atom stereocenters. The van der Waals surface area contributed by atoms with Gasteiger partial charge in [-0.3, -0.25) is 4.79 Å². The van der Waals surface area contributed by atoms with Gasteiger partial charge in [-0.05, 0) is 18.9 Å². The van der Waals surface area contributed by atoms with Gasteiger partial charge in [0.25, 0.3) is 0 Å². The highest BCUT2D eigenvalue weighted by Crippen LogP contribution is 2.47. The van der Waals surface area contributed by atoms with Crippen molar-refractivity contribution >= 4 is 13.9 Å². The van der Waals surface area contributed by atoms with Crippen LogP contribution in [-0.4, -0.2) is 31.2 Å². The molecule has 0 saturated heterocycles. The molecule has 15 heavy (non-hydrogen) atoms. The highest BCUT2D eigenvalue weighted by molar-refractivity contribution is 6.16. The summed E-state index contributed by atoms with van der Waals surface area (Å²) in [6, 6.07) is 3.53. The van der Waals surface area contributed by atoms with E-state index in [1.807, 2.05) is 0 Å². The lowest BCUT2D eigenvalue weighted by Gasteiger charge is -2.12. The largest absolute Gasteiger partial charge is 0.480 e. The molecule has 6 heteroatoms. The highest BCUT2D eigenvalue weighted by atomic mass is 16.5. The van der Waals surface area contributed by atoms with Gasteiger partial charge in [-0.15, -0.1) is 5.10 Å². The van der Waals surface area contributed by atoms with Gasteiger partial charge in [-0.25, -0.2) is 0 Å². The maximum atomic E-state index is 11.6. The second kappa shape index (κ2) is 3.53. The van der Waals surface area contributed by atoms with Crippen molar-refractivity contribution in [1.82, 2.24) is 15.4 Å². The fourth-order valence-corrected chi connectivity index (χ4v) is 1.65. The van der Waals surface area contributed by atoms with Gasteiger partial charge in [-0.2, -0.15) is 5.10 Å². The van der Waals surface area contributed by atoms with Gasteiger partial charge in [0.2, 0.25) is 19.8 Å². The van der Waals surface area contributed by atoms with E-state index in [-0.39, 0.29) is 5.91 Å². The molecule has 78 valence electrons. The van der Waals surface area contributed by atoms with Gasteiger partial charge in [0.05, 0.1) is 18.2 Å². The van der Waals surface area contributed by atoms with Crippen LogP contribution in [-0.2, 0) is 10.2 Å². The first-order valence-corrected chi connectivity index (χ1v) is 4.83. The quantitative estimate of drug-likeness (QED) is 0.655. The summed E-state index contributed by atoms with van der Waals surface area (Å²) in [5, 5.41) is 10.5. The Hall–Kier alpha value is -1.59. The highest BCUT2D eigenvalue weighted by Gasteiger charge is 2.52. The zero-order chi connectivity index (χ0) is 10.9. The number of nitrogens with one attached hydrogen (secondary N) is 1. The first-order valence-electron chi connectivity index (χ1n) is 4.83. The Labute approximate surface area is 88.7 Å². The van der Waals surface area contributed by atoms with Gasteiger partial charge in [-0.1, -0.05) is 0 Å². The second-order valence-corrected chi connectivity index (χ2v) is 3.62. The predicted molar refractivity (Wildman–Crippen MR) is 56.2 cm³/mol. The van der Waals surface area contributed by atoms with E-state index in [4.69, 9.17) is 4.74 Å². The van der Waals surface area contributed by atoms with Gasteiger partial charge < -0.3 is 9.96 Å². The molecule has 1 heterocycles. The summed E-state index contributed by atoms with van der Waals surface area (Å²) in [5.41, 5.74) is 0.288. The van der Waals surface area contributed by atoms with E-state index in [2.05, 4.69) is 15.4 Å². The molecule has 0 spiro atoms. The van der Waals surface area contributed by atoms with Gasteiger partial charge >= 0.3 is 0 Å². The zero-order valence-corrected chi connectivity index (χ0v) is 8.78. The Kier molecular flexibility index (Phi) is 2.34. The standard InChI is InChI=1S/C9H12BN3O2/c1-15-7-3-2-6(12-13-7)9(4-5-9)8(14)11-10/h2-3H,4-5,10H2,1H3,(H,11,14). The van der Waals surface area contributed by atoms with Crippen LogP contribution >= 0.6 is 0 Å². The second-order valence-electron chi connectivity index (χ2n) is 3.62. The van der Waals surface area contributed by atoms with E-state index >= 15 is 0 Å². The van der Waals surface area contributed by atoms with E-state index in [0.717, 1.165) is 18.5 Å². The Morgan fingerprint density at radius 1 is 1.53 bits per heavy atom. The van der Waals surface area contributed by atoms with Crippen LogP contribution in [0, 0.1) is 0 Å². The summed E-state index contributed by atoms with van der Waals surface area (Å²) >= 11 is 0. The molecular formula is C9H12BN3O2. The molecule has 1 aromatic heterocycles. The molecule has 5 nitrogen and oxygen atoms in total. The zero-order valence-electron chi connectivity index (χ0n) is 8.78. The van der Waals surface area contributed by atoms with Crippen LogP contribution in [0.1, 0.15) is 18.5 Å². The molecule has 1 N–H and O–H groups in total. The Bertz CT molecular complexity index is 375. The van der Waals surface area contributed by atoms with Crippen molar-refractivity contribution in [2.75, 3.05) is 7.11 Å². The molecule has 0 aliphatic heterocycles. The van der Waals surface area contributed by atoms with Crippen LogP contribution in [0.3, 0.4) is 0 Å². The molecule has 0 bridgehead atoms. The summed E-state index contributed by atoms with van der Waals surface area (Å²) in [4.78, 5) is 11.6. The molecule has 0 radical (unpaired) electrons. The molecule has 1 amide bonds. The van der Waals surface area contributed by atoms with Crippen molar-refractivity contribution in [1.29, 1.82) is 0 Å². The van der Waals surface area contributed by atoms with Crippen molar-refractivity contribution < 1.29 is 9.53 Å². The summed E-state index contributed by atoms with van der Waals surface area (Å²) in [5.74, 6) is 0.480. The van der Waals surface area contributed by atoms with Crippen molar-refractivity contribution in [2.24, 2.45) is 0 Å². The van der Waals surface area contributed by atoms with Crippen molar-refractivity contribution in [3.05, 3.63) is 17.8 Å². The molecule has 0 aromatic carbocycles. The van der Waals surface area contributed by atoms with Gasteiger partial charge in [0, 0.05) is 6.07 Å². The van der Waals surface area contributed by atoms with E-state index < -0.39 is 5.41 Å². The Morgan fingerprint density at radius 3 is 2.67 bits per heavy atom. The van der Waals surface area contributed by atoms with Crippen LogP contribution in [0.4, 0.5) is 0 Å². The van der Waals surface area contributed by atoms with Gasteiger partial charge in [0.15, 0.2) is 0 Å². The smallest absolute Gasteiger partial charge is 0.233 e. The van der Waals surface area contributed by atoms with Crippen LogP contribution in [0.15, 0.2) is 12.1 Å². The third-order valence-corrected chi connectivity index (χ3v) is 2.75. The lowest BCUT2D eigenvalue weighted by Crippen LogP contribution is -2.33. The van der Waals surface area contributed by atoms with Crippen molar-refractivity contribution in [2.45, 2.75) is 18.3 Å². The number of amides is 1. The molecule has 1 fully saturated rings. The summed E-state index contributed by atoms with van der Waals surface area (Å²) in [6.07, 6.45) is 1.68. The first kappa shape index (κ1) is 9.95. The lowest BCUT2D eigenvalue weighted by molar-refractivity contribution is -0.121. The molecule has 1 aromatic rings. The van der Waals surface area contributed by atoms with E-state index in [0.29, 0.717) is 5.88 Å². The fourth-order valence-electron chi connectivity index (χ4n) is 1.65. The molecule has 1 aliphatic carbocycles. The minimum Gasteiger partial charge on any atom is -0.480 e. The Balaban J connectivity index is 2.26. The van der Waals surface area contributed by atoms with E-state index in [9.17, 15) is 4.79 Å². The van der Waals surface area contributed by atoms with E-state index in [1.54, 1.807) is 20.1 Å². The van der Waals surface area contributed by atoms with Gasteiger partial charge in [0.1, 0.15) is 0 Å². The summed E-state index contributed by atoms with van der Waals surface area (Å²) < 4.78 is 4.91. The molecular weight excluding hydrogens is 193 g/mol. The van der Waals surface area contributed by atoms with Crippen LogP contribution in [0.2, 0.25) is 0 Å². The maximum absolute atomic E-state index is 11.6. The number of rotatable bonds is 3. The average Bonchev–Trinajstić information content (AvgIpc) is 3.09. The van der Waals surface area contributed by atoms with Crippen LogP contribution in [0.5, 0.6) is 5.88 Å². The van der Waals surface area contributed by atoms with Crippen molar-refractivity contribution in [3.63, 3.8) is 0 Å². The molecule has 1 saturated carbocycles. The third kappa shape index (κ3) is 1.56. The Morgan fingerprint density at radius 2 is 2.27 bits per heavy atom. The normalized spacial score (nSPS) is 16.9. The first-order chi connectivity index (χ1) is 7.23. The fraction of sp³-hybridized carbons (Fsp3) is 0.444. The number of hydrogen-bond acceptors (Lipinski definition) is 4. The summed E-state index contributed by atoms with van der Waals surface area (Å²) in [7, 11) is 3.18. The number of methoxy groups -OCH3 is 1. The number of carbonyl (C=O) groups is 1. The topological polar surface area (TPSA) is 64.1 Å². The SMILES string of the molecule is BNC(=O)C1(c2ccc(OC)nn2)CC1. The summed E-state index contributed by atoms with van der Waals surface area (Å²) in [6.45, 7) is 0. The molecule has 2 rings (SSSR count). The van der Waals surface area contributed by atoms with Crippen LogP contribution < -0.4 is 9.96 Å². The predicted octanol–water partition coefficient (Wildman–Crippen LogP) is -0.819.